The van der Waals surface area contributed by atoms with Gasteiger partial charge in [-0.25, -0.2) is 4.39 Å². The predicted octanol–water partition coefficient (Wildman–Crippen LogP) is 0.949. The van der Waals surface area contributed by atoms with E-state index in [9.17, 15) is 29.3 Å². The lowest BCUT2D eigenvalue weighted by atomic mass is 9.81. The van der Waals surface area contributed by atoms with Crippen molar-refractivity contribution in [2.45, 2.75) is 25.6 Å². The molecule has 1 heterocycles. The van der Waals surface area contributed by atoms with E-state index >= 15 is 0 Å². The quantitative estimate of drug-likeness (QED) is 0.580. The predicted molar refractivity (Wildman–Crippen MR) is 81.2 cm³/mol. The van der Waals surface area contributed by atoms with Crippen molar-refractivity contribution in [3.8, 4) is 5.75 Å². The number of benzene rings is 1. The minimum absolute atomic E-state index is 0.0585. The molecule has 7 nitrogen and oxygen atoms in total. The van der Waals surface area contributed by atoms with Gasteiger partial charge < -0.3 is 25.4 Å². The monoisotopic (exact) mass is 361 g/mol. The first-order valence-corrected chi connectivity index (χ1v) is 7.59. The van der Waals surface area contributed by atoms with Crippen molar-refractivity contribution in [3.05, 3.63) is 28.0 Å². The summed E-state index contributed by atoms with van der Waals surface area (Å²) in [5.41, 5.74) is -2.89. The Labute approximate surface area is 142 Å². The number of nitrogens with one attached hydrogen (secondary N) is 1. The number of amides is 1. The average Bonchev–Trinajstić information content (AvgIpc) is 2.78. The van der Waals surface area contributed by atoms with Gasteiger partial charge in [0.1, 0.15) is 11.4 Å². The number of aliphatic hydroxyl groups excluding tert-OH is 1. The molecule has 0 saturated carbocycles. The number of hydrogen-bond donors (Lipinski definition) is 4. The standard InChI is InChI=1S/C15H17ClFNO6/c1-3-24-12-7(6(2)19)4-8(16)11(17)9(12)15(23)5-18-13(20)10(15)14(21)22/h4,6,10,19,23H,3,5H2,1-2H3,(H,18,20)(H,21,22)/t6-,10?,15-/m1/s1. The molecule has 0 radical (unpaired) electrons. The molecule has 24 heavy (non-hydrogen) atoms. The van der Waals surface area contributed by atoms with Gasteiger partial charge in [-0.3, -0.25) is 9.59 Å². The molecule has 1 amide bonds. The minimum Gasteiger partial charge on any atom is -0.493 e. The summed E-state index contributed by atoms with van der Waals surface area (Å²) in [6, 6.07) is 1.14. The van der Waals surface area contributed by atoms with Crippen molar-refractivity contribution < 1.29 is 34.0 Å². The number of aliphatic carboxylic acids is 1. The Balaban J connectivity index is 2.81. The molecule has 9 heteroatoms. The normalized spacial score (nSPS) is 24.6. The van der Waals surface area contributed by atoms with Gasteiger partial charge in [0, 0.05) is 5.56 Å². The number of hydrogen-bond acceptors (Lipinski definition) is 5. The lowest BCUT2D eigenvalue weighted by Crippen LogP contribution is -2.41. The second-order valence-electron chi connectivity index (χ2n) is 5.49. The second kappa shape index (κ2) is 6.54. The minimum atomic E-state index is -2.41. The first kappa shape index (κ1) is 18.4. The van der Waals surface area contributed by atoms with Crippen LogP contribution < -0.4 is 10.1 Å². The molecule has 0 spiro atoms. The second-order valence-corrected chi connectivity index (χ2v) is 5.90. The maximum atomic E-state index is 14.7. The van der Waals surface area contributed by atoms with Gasteiger partial charge in [0.2, 0.25) is 5.91 Å². The number of carboxylic acid groups (broad SMARTS) is 1. The zero-order valence-electron chi connectivity index (χ0n) is 13.0. The topological polar surface area (TPSA) is 116 Å². The van der Waals surface area contributed by atoms with Gasteiger partial charge in [-0.15, -0.1) is 0 Å². The van der Waals surface area contributed by atoms with E-state index in [-0.39, 0.29) is 17.9 Å². The van der Waals surface area contributed by atoms with Crippen LogP contribution in [0.2, 0.25) is 5.02 Å². The zero-order chi connectivity index (χ0) is 18.2. The Morgan fingerprint density at radius 2 is 2.25 bits per heavy atom. The third-order valence-corrected chi connectivity index (χ3v) is 4.17. The molecule has 1 aromatic rings. The van der Waals surface area contributed by atoms with E-state index in [2.05, 4.69) is 5.32 Å². The number of β-amino-alcohol motifs (C(OH)–C–C–N with tert-alkyl or cyclic N) is 1. The summed E-state index contributed by atoms with van der Waals surface area (Å²) >= 11 is 5.83. The van der Waals surface area contributed by atoms with E-state index in [0.717, 1.165) is 6.07 Å². The highest BCUT2D eigenvalue weighted by Crippen LogP contribution is 2.45. The highest BCUT2D eigenvalue weighted by Gasteiger charge is 2.56. The molecule has 1 saturated heterocycles. The van der Waals surface area contributed by atoms with E-state index in [1.54, 1.807) is 6.92 Å². The number of aliphatic hydroxyl groups is 2. The molecule has 0 aromatic heterocycles. The summed E-state index contributed by atoms with van der Waals surface area (Å²) in [5, 5.41) is 31.8. The molecular formula is C15H17ClFNO6. The molecule has 1 fully saturated rings. The van der Waals surface area contributed by atoms with E-state index in [1.165, 1.54) is 6.92 Å². The van der Waals surface area contributed by atoms with Crippen molar-refractivity contribution in [1.82, 2.24) is 5.32 Å². The molecule has 2 rings (SSSR count). The number of carbonyl (C=O) groups excluding carboxylic acids is 1. The van der Waals surface area contributed by atoms with Crippen LogP contribution in [0.15, 0.2) is 6.07 Å². The van der Waals surface area contributed by atoms with Crippen molar-refractivity contribution in [2.75, 3.05) is 13.2 Å². The molecule has 1 unspecified atom stereocenters. The Hall–Kier alpha value is -1.90. The van der Waals surface area contributed by atoms with Gasteiger partial charge in [-0.05, 0) is 19.9 Å². The molecular weight excluding hydrogens is 345 g/mol. The molecule has 1 aliphatic rings. The maximum absolute atomic E-state index is 14.7. The molecule has 0 bridgehead atoms. The fourth-order valence-electron chi connectivity index (χ4n) is 2.82. The van der Waals surface area contributed by atoms with E-state index in [4.69, 9.17) is 16.3 Å². The lowest BCUT2D eigenvalue weighted by molar-refractivity contribution is -0.153. The number of halogens is 2. The van der Waals surface area contributed by atoms with Gasteiger partial charge >= 0.3 is 5.97 Å². The summed E-state index contributed by atoms with van der Waals surface area (Å²) in [6.45, 7) is 2.51. The first-order valence-electron chi connectivity index (χ1n) is 7.21. The first-order chi connectivity index (χ1) is 11.1. The van der Waals surface area contributed by atoms with Crippen LogP contribution in [-0.2, 0) is 15.2 Å². The Morgan fingerprint density at radius 3 is 2.75 bits per heavy atom. The Morgan fingerprint density at radius 1 is 1.62 bits per heavy atom. The fourth-order valence-corrected chi connectivity index (χ4v) is 3.03. The highest BCUT2D eigenvalue weighted by molar-refractivity contribution is 6.31. The lowest BCUT2D eigenvalue weighted by Gasteiger charge is -2.30. The van der Waals surface area contributed by atoms with Crippen molar-refractivity contribution >= 4 is 23.5 Å². The van der Waals surface area contributed by atoms with Gasteiger partial charge in [0.25, 0.3) is 0 Å². The van der Waals surface area contributed by atoms with Gasteiger partial charge in [0.05, 0.1) is 29.8 Å². The van der Waals surface area contributed by atoms with Crippen LogP contribution in [0.3, 0.4) is 0 Å². The summed E-state index contributed by atoms with van der Waals surface area (Å²) in [5.74, 6) is -5.83. The average molecular weight is 362 g/mol. The van der Waals surface area contributed by atoms with Crippen LogP contribution in [0.5, 0.6) is 5.75 Å². The third-order valence-electron chi connectivity index (χ3n) is 3.89. The van der Waals surface area contributed by atoms with Crippen LogP contribution in [-0.4, -0.2) is 40.3 Å². The highest BCUT2D eigenvalue weighted by atomic mass is 35.5. The van der Waals surface area contributed by atoms with Crippen molar-refractivity contribution in [3.63, 3.8) is 0 Å². The van der Waals surface area contributed by atoms with Crippen LogP contribution >= 0.6 is 11.6 Å². The third kappa shape index (κ3) is 2.81. The zero-order valence-corrected chi connectivity index (χ0v) is 13.7. The number of rotatable bonds is 5. The molecule has 1 aliphatic heterocycles. The van der Waals surface area contributed by atoms with Crippen LogP contribution in [0, 0.1) is 11.7 Å². The molecule has 0 aliphatic carbocycles. The van der Waals surface area contributed by atoms with Crippen molar-refractivity contribution in [2.24, 2.45) is 5.92 Å². The Kier molecular flexibility index (Phi) is 5.03. The summed E-state index contributed by atoms with van der Waals surface area (Å²) < 4.78 is 20.1. The SMILES string of the molecule is CCOc1c([C@@H](C)O)cc(Cl)c(F)c1[C@]1(O)CNC(=O)C1C(=O)O. The largest absolute Gasteiger partial charge is 0.493 e. The summed E-state index contributed by atoms with van der Waals surface area (Å²) in [4.78, 5) is 23.2. The van der Waals surface area contributed by atoms with Gasteiger partial charge in [-0.2, -0.15) is 0 Å². The number of carbonyl (C=O) groups is 2. The fraction of sp³-hybridized carbons (Fsp3) is 0.467. The number of ether oxygens (including phenoxy) is 1. The smallest absolute Gasteiger partial charge is 0.319 e. The maximum Gasteiger partial charge on any atom is 0.319 e. The molecule has 132 valence electrons. The van der Waals surface area contributed by atoms with Crippen LogP contribution in [0.4, 0.5) is 4.39 Å². The Bertz CT molecular complexity index is 695. The summed E-state index contributed by atoms with van der Waals surface area (Å²) in [7, 11) is 0. The van der Waals surface area contributed by atoms with E-state index < -0.39 is 52.4 Å². The van der Waals surface area contributed by atoms with Crippen LogP contribution in [0.25, 0.3) is 0 Å². The van der Waals surface area contributed by atoms with E-state index in [1.807, 2.05) is 0 Å². The van der Waals surface area contributed by atoms with Crippen LogP contribution in [0.1, 0.15) is 31.1 Å². The number of carboxylic acids is 1. The molecule has 1 aromatic carbocycles. The molecule has 3 atom stereocenters. The van der Waals surface area contributed by atoms with Gasteiger partial charge in [0.15, 0.2) is 11.7 Å². The van der Waals surface area contributed by atoms with E-state index in [0.29, 0.717) is 0 Å². The molecule has 4 N–H and O–H groups in total. The van der Waals surface area contributed by atoms with Crippen molar-refractivity contribution in [1.29, 1.82) is 0 Å². The summed E-state index contributed by atoms with van der Waals surface area (Å²) in [6.07, 6.45) is -1.12. The van der Waals surface area contributed by atoms with Gasteiger partial charge in [-0.1, -0.05) is 11.6 Å².